The lowest BCUT2D eigenvalue weighted by molar-refractivity contribution is 0.625. The third kappa shape index (κ3) is 2.56. The standard InChI is InChI=1S/C11H13ClFN/c1-7(8(2)14)6-9-10(12)4-3-5-11(9)13/h3-6,8H,14H2,1-2H3/b7-6+. The Morgan fingerprint density at radius 1 is 1.57 bits per heavy atom. The molecule has 0 aliphatic heterocycles. The summed E-state index contributed by atoms with van der Waals surface area (Å²) in [5.74, 6) is -0.322. The van der Waals surface area contributed by atoms with Crippen molar-refractivity contribution in [1.29, 1.82) is 0 Å². The van der Waals surface area contributed by atoms with Gasteiger partial charge >= 0.3 is 0 Å². The summed E-state index contributed by atoms with van der Waals surface area (Å²) in [6.07, 6.45) is 1.68. The first kappa shape index (κ1) is 11.2. The minimum Gasteiger partial charge on any atom is -0.324 e. The van der Waals surface area contributed by atoms with E-state index in [9.17, 15) is 4.39 Å². The van der Waals surface area contributed by atoms with E-state index < -0.39 is 0 Å². The fraction of sp³-hybridized carbons (Fsp3) is 0.273. The molecule has 0 fully saturated rings. The molecule has 0 saturated carbocycles. The van der Waals surface area contributed by atoms with Crippen LogP contribution in [0.25, 0.3) is 6.08 Å². The van der Waals surface area contributed by atoms with Crippen molar-refractivity contribution < 1.29 is 4.39 Å². The maximum absolute atomic E-state index is 13.3. The summed E-state index contributed by atoms with van der Waals surface area (Å²) in [6, 6.07) is 4.53. The van der Waals surface area contributed by atoms with E-state index in [4.69, 9.17) is 17.3 Å². The van der Waals surface area contributed by atoms with Gasteiger partial charge in [-0.1, -0.05) is 29.3 Å². The Balaban J connectivity index is 3.14. The number of benzene rings is 1. The molecular formula is C11H13ClFN. The van der Waals surface area contributed by atoms with Gasteiger partial charge in [-0.15, -0.1) is 0 Å². The highest BCUT2D eigenvalue weighted by molar-refractivity contribution is 6.32. The van der Waals surface area contributed by atoms with Gasteiger partial charge in [0.05, 0.1) is 5.02 Å². The molecule has 0 aliphatic carbocycles. The van der Waals surface area contributed by atoms with Crippen LogP contribution in [0, 0.1) is 5.82 Å². The summed E-state index contributed by atoms with van der Waals surface area (Å²) in [7, 11) is 0. The molecule has 1 aromatic carbocycles. The van der Waals surface area contributed by atoms with Gasteiger partial charge in [-0.25, -0.2) is 4.39 Å². The van der Waals surface area contributed by atoms with Crippen LogP contribution in [0.2, 0.25) is 5.02 Å². The van der Waals surface area contributed by atoms with Crippen LogP contribution in [0.3, 0.4) is 0 Å². The molecule has 0 spiro atoms. The van der Waals surface area contributed by atoms with Gasteiger partial charge in [0.15, 0.2) is 0 Å². The third-order valence-electron chi connectivity index (χ3n) is 2.09. The van der Waals surface area contributed by atoms with Gasteiger partial charge in [0.1, 0.15) is 5.82 Å². The van der Waals surface area contributed by atoms with Gasteiger partial charge in [-0.05, 0) is 26.0 Å². The number of hydrogen-bond donors (Lipinski definition) is 1. The van der Waals surface area contributed by atoms with E-state index in [1.54, 1.807) is 18.2 Å². The molecule has 1 aromatic rings. The molecule has 0 aromatic heterocycles. The zero-order chi connectivity index (χ0) is 10.7. The monoisotopic (exact) mass is 213 g/mol. The molecule has 0 heterocycles. The van der Waals surface area contributed by atoms with Gasteiger partial charge in [-0.2, -0.15) is 0 Å². The number of hydrogen-bond acceptors (Lipinski definition) is 1. The molecule has 0 aliphatic rings. The summed E-state index contributed by atoms with van der Waals surface area (Å²) in [5.41, 5.74) is 6.96. The lowest BCUT2D eigenvalue weighted by Gasteiger charge is -2.06. The van der Waals surface area contributed by atoms with E-state index in [1.165, 1.54) is 6.07 Å². The van der Waals surface area contributed by atoms with E-state index in [0.29, 0.717) is 10.6 Å². The highest BCUT2D eigenvalue weighted by atomic mass is 35.5. The molecule has 14 heavy (non-hydrogen) atoms. The molecule has 1 rings (SSSR count). The average molecular weight is 214 g/mol. The van der Waals surface area contributed by atoms with Gasteiger partial charge in [0.2, 0.25) is 0 Å². The number of nitrogens with two attached hydrogens (primary N) is 1. The van der Waals surface area contributed by atoms with Crippen LogP contribution in [0.4, 0.5) is 4.39 Å². The molecule has 0 radical (unpaired) electrons. The van der Waals surface area contributed by atoms with Crippen LogP contribution in [0.1, 0.15) is 19.4 Å². The average Bonchev–Trinajstić information content (AvgIpc) is 2.11. The van der Waals surface area contributed by atoms with E-state index in [-0.39, 0.29) is 11.9 Å². The highest BCUT2D eigenvalue weighted by Crippen LogP contribution is 2.22. The topological polar surface area (TPSA) is 26.0 Å². The molecule has 2 N–H and O–H groups in total. The van der Waals surface area contributed by atoms with Crippen molar-refractivity contribution >= 4 is 17.7 Å². The SMILES string of the molecule is C/C(=C\c1c(F)cccc1Cl)C(C)N. The normalized spacial score (nSPS) is 14.2. The van der Waals surface area contributed by atoms with Gasteiger partial charge in [-0.3, -0.25) is 0 Å². The van der Waals surface area contributed by atoms with Crippen molar-refractivity contribution in [3.05, 3.63) is 40.2 Å². The first-order valence-corrected chi connectivity index (χ1v) is 4.78. The van der Waals surface area contributed by atoms with Crippen LogP contribution in [-0.2, 0) is 0 Å². The fourth-order valence-electron chi connectivity index (χ4n) is 1.01. The molecule has 0 saturated heterocycles. The quantitative estimate of drug-likeness (QED) is 0.802. The minimum absolute atomic E-state index is 0.0920. The summed E-state index contributed by atoms with van der Waals surface area (Å²) in [5, 5.41) is 0.407. The summed E-state index contributed by atoms with van der Waals surface area (Å²) >= 11 is 5.85. The van der Waals surface area contributed by atoms with Gasteiger partial charge < -0.3 is 5.73 Å². The Hall–Kier alpha value is -0.860. The Bertz CT molecular complexity index is 338. The molecule has 3 heteroatoms. The Kier molecular flexibility index (Phi) is 3.67. The molecule has 1 atom stereocenters. The van der Waals surface area contributed by atoms with Crippen LogP contribution in [0.5, 0.6) is 0 Å². The summed E-state index contributed by atoms with van der Waals surface area (Å²) in [4.78, 5) is 0. The van der Waals surface area contributed by atoms with E-state index in [2.05, 4.69) is 0 Å². The molecule has 1 nitrogen and oxygen atoms in total. The third-order valence-corrected chi connectivity index (χ3v) is 2.42. The van der Waals surface area contributed by atoms with Crippen molar-refractivity contribution in [3.63, 3.8) is 0 Å². The van der Waals surface area contributed by atoms with Crippen LogP contribution < -0.4 is 5.73 Å². The Morgan fingerprint density at radius 3 is 2.71 bits per heavy atom. The summed E-state index contributed by atoms with van der Waals surface area (Å²) in [6.45, 7) is 3.70. The predicted molar refractivity (Wildman–Crippen MR) is 58.7 cm³/mol. The molecular weight excluding hydrogens is 201 g/mol. The highest BCUT2D eigenvalue weighted by Gasteiger charge is 2.05. The van der Waals surface area contributed by atoms with Crippen molar-refractivity contribution in [1.82, 2.24) is 0 Å². The van der Waals surface area contributed by atoms with E-state index in [0.717, 1.165) is 5.57 Å². The maximum Gasteiger partial charge on any atom is 0.131 e. The van der Waals surface area contributed by atoms with Crippen LogP contribution >= 0.6 is 11.6 Å². The van der Waals surface area contributed by atoms with E-state index >= 15 is 0 Å². The van der Waals surface area contributed by atoms with Gasteiger partial charge in [0.25, 0.3) is 0 Å². The molecule has 76 valence electrons. The lowest BCUT2D eigenvalue weighted by Crippen LogP contribution is -2.15. The molecule has 0 bridgehead atoms. The molecule has 0 amide bonds. The zero-order valence-electron chi connectivity index (χ0n) is 8.22. The predicted octanol–water partition coefficient (Wildman–Crippen LogP) is 3.23. The molecule has 1 unspecified atom stereocenters. The first-order valence-electron chi connectivity index (χ1n) is 4.40. The Morgan fingerprint density at radius 2 is 2.21 bits per heavy atom. The second-order valence-corrected chi connectivity index (χ2v) is 3.72. The van der Waals surface area contributed by atoms with Crippen LogP contribution in [-0.4, -0.2) is 6.04 Å². The second-order valence-electron chi connectivity index (χ2n) is 3.31. The summed E-state index contributed by atoms with van der Waals surface area (Å²) < 4.78 is 13.3. The largest absolute Gasteiger partial charge is 0.324 e. The zero-order valence-corrected chi connectivity index (χ0v) is 8.98. The lowest BCUT2D eigenvalue weighted by atomic mass is 10.1. The minimum atomic E-state index is -0.322. The van der Waals surface area contributed by atoms with Crippen molar-refractivity contribution in [2.24, 2.45) is 5.73 Å². The van der Waals surface area contributed by atoms with Crippen LogP contribution in [0.15, 0.2) is 23.8 Å². The van der Waals surface area contributed by atoms with E-state index in [1.807, 2.05) is 13.8 Å². The maximum atomic E-state index is 13.3. The number of halogens is 2. The first-order chi connectivity index (χ1) is 6.52. The van der Waals surface area contributed by atoms with Crippen molar-refractivity contribution in [3.8, 4) is 0 Å². The number of rotatable bonds is 2. The van der Waals surface area contributed by atoms with Gasteiger partial charge in [0, 0.05) is 11.6 Å². The Labute approximate surface area is 88.4 Å². The fourth-order valence-corrected chi connectivity index (χ4v) is 1.23. The second kappa shape index (κ2) is 4.58. The van der Waals surface area contributed by atoms with Crippen molar-refractivity contribution in [2.75, 3.05) is 0 Å². The van der Waals surface area contributed by atoms with Crippen molar-refractivity contribution in [2.45, 2.75) is 19.9 Å². The smallest absolute Gasteiger partial charge is 0.131 e.